The van der Waals surface area contributed by atoms with E-state index >= 15 is 0 Å². The molecular weight excluding hydrogens is 620 g/mol. The molecular formula is C30H32Cl2FN3O6S. The van der Waals surface area contributed by atoms with E-state index in [0.717, 1.165) is 16.4 Å². The topological polar surface area (TPSA) is 105 Å². The number of ether oxygens (including phenoxy) is 2. The summed E-state index contributed by atoms with van der Waals surface area (Å²) in [5, 5.41) is 3.53. The molecule has 0 saturated carbocycles. The van der Waals surface area contributed by atoms with Crippen molar-refractivity contribution in [3.8, 4) is 11.5 Å². The van der Waals surface area contributed by atoms with Crippen molar-refractivity contribution in [1.29, 1.82) is 0 Å². The monoisotopic (exact) mass is 651 g/mol. The maximum atomic E-state index is 14.0. The van der Waals surface area contributed by atoms with Gasteiger partial charge in [0.05, 0.1) is 10.6 Å². The Morgan fingerprint density at radius 2 is 1.65 bits per heavy atom. The van der Waals surface area contributed by atoms with Crippen LogP contribution in [0.5, 0.6) is 11.5 Å². The maximum Gasteiger partial charge on any atom is 0.264 e. The second kappa shape index (κ2) is 13.8. The van der Waals surface area contributed by atoms with E-state index in [0.29, 0.717) is 29.4 Å². The van der Waals surface area contributed by atoms with Gasteiger partial charge in [0.15, 0.2) is 11.5 Å². The third kappa shape index (κ3) is 7.70. The van der Waals surface area contributed by atoms with Crippen molar-refractivity contribution in [1.82, 2.24) is 10.2 Å². The average molecular weight is 653 g/mol. The van der Waals surface area contributed by atoms with E-state index in [2.05, 4.69) is 5.32 Å². The molecule has 0 aliphatic carbocycles. The number of nitrogens with zero attached hydrogens (tertiary/aromatic N) is 2. The highest BCUT2D eigenvalue weighted by molar-refractivity contribution is 7.92. The number of halogens is 3. The molecule has 2 atom stereocenters. The lowest BCUT2D eigenvalue weighted by atomic mass is 10.1. The Morgan fingerprint density at radius 3 is 2.30 bits per heavy atom. The van der Waals surface area contributed by atoms with E-state index in [1.54, 1.807) is 19.1 Å². The fourth-order valence-electron chi connectivity index (χ4n) is 4.33. The highest BCUT2D eigenvalue weighted by Gasteiger charge is 2.34. The van der Waals surface area contributed by atoms with Crippen LogP contribution < -0.4 is 19.1 Å². The first-order valence-electron chi connectivity index (χ1n) is 13.6. The first kappa shape index (κ1) is 32.4. The van der Waals surface area contributed by atoms with Crippen molar-refractivity contribution in [3.05, 3.63) is 82.1 Å². The van der Waals surface area contributed by atoms with E-state index in [4.69, 9.17) is 32.7 Å². The van der Waals surface area contributed by atoms with Crippen LogP contribution in [0, 0.1) is 5.82 Å². The number of carbonyl (C=O) groups is 2. The maximum absolute atomic E-state index is 14.0. The fraction of sp³-hybridized carbons (Fsp3) is 0.333. The lowest BCUT2D eigenvalue weighted by Gasteiger charge is -2.32. The van der Waals surface area contributed by atoms with Crippen LogP contribution in [0.3, 0.4) is 0 Å². The van der Waals surface area contributed by atoms with Crippen LogP contribution in [-0.4, -0.2) is 57.0 Å². The van der Waals surface area contributed by atoms with Crippen molar-refractivity contribution in [2.75, 3.05) is 24.1 Å². The molecule has 1 aliphatic heterocycles. The van der Waals surface area contributed by atoms with Crippen molar-refractivity contribution in [3.63, 3.8) is 0 Å². The number of amides is 2. The summed E-state index contributed by atoms with van der Waals surface area (Å²) in [6.45, 7) is 5.07. The molecule has 1 aliphatic rings. The number of hydrogen-bond acceptors (Lipinski definition) is 6. The zero-order valence-electron chi connectivity index (χ0n) is 23.8. The van der Waals surface area contributed by atoms with Crippen molar-refractivity contribution in [2.24, 2.45) is 0 Å². The van der Waals surface area contributed by atoms with Gasteiger partial charge in [-0.1, -0.05) is 36.2 Å². The minimum absolute atomic E-state index is 0.0471. The van der Waals surface area contributed by atoms with Crippen molar-refractivity contribution < 1.29 is 31.9 Å². The predicted octanol–water partition coefficient (Wildman–Crippen LogP) is 5.43. The lowest BCUT2D eigenvalue weighted by molar-refractivity contribution is -0.139. The zero-order chi connectivity index (χ0) is 31.3. The first-order chi connectivity index (χ1) is 20.4. The Labute approximate surface area is 260 Å². The second-order valence-electron chi connectivity index (χ2n) is 10.0. The van der Waals surface area contributed by atoms with Gasteiger partial charge in [-0.2, -0.15) is 0 Å². The summed E-state index contributed by atoms with van der Waals surface area (Å²) < 4.78 is 53.9. The molecule has 1 N–H and O–H groups in total. The Bertz CT molecular complexity index is 1590. The predicted molar refractivity (Wildman–Crippen MR) is 163 cm³/mol. The summed E-state index contributed by atoms with van der Waals surface area (Å²) in [7, 11) is -4.40. The molecule has 0 spiro atoms. The molecule has 0 saturated heterocycles. The van der Waals surface area contributed by atoms with Gasteiger partial charge in [0.1, 0.15) is 31.6 Å². The molecule has 4 rings (SSSR count). The number of carbonyl (C=O) groups excluding carboxylic acids is 2. The number of anilines is 1. The molecule has 2 amide bonds. The smallest absolute Gasteiger partial charge is 0.264 e. The van der Waals surface area contributed by atoms with Crippen molar-refractivity contribution in [2.45, 2.75) is 50.7 Å². The Morgan fingerprint density at radius 1 is 0.977 bits per heavy atom. The molecule has 1 heterocycles. The molecule has 3 aromatic carbocycles. The van der Waals surface area contributed by atoms with Gasteiger partial charge in [0, 0.05) is 28.7 Å². The van der Waals surface area contributed by atoms with Gasteiger partial charge >= 0.3 is 0 Å². The molecule has 9 nitrogen and oxygen atoms in total. The van der Waals surface area contributed by atoms with Gasteiger partial charge in [-0.15, -0.1) is 0 Å². The molecule has 0 aromatic heterocycles. The average Bonchev–Trinajstić information content (AvgIpc) is 2.99. The lowest BCUT2D eigenvalue weighted by Crippen LogP contribution is -2.52. The van der Waals surface area contributed by atoms with Gasteiger partial charge in [-0.25, -0.2) is 12.8 Å². The quantitative estimate of drug-likeness (QED) is 0.296. The second-order valence-corrected chi connectivity index (χ2v) is 12.8. The van der Waals surface area contributed by atoms with Gasteiger partial charge in [0.2, 0.25) is 11.8 Å². The third-order valence-electron chi connectivity index (χ3n) is 7.02. The number of rotatable bonds is 11. The van der Waals surface area contributed by atoms with Crippen molar-refractivity contribution >= 4 is 50.7 Å². The molecule has 0 fully saturated rings. The summed E-state index contributed by atoms with van der Waals surface area (Å²) in [4.78, 5) is 28.3. The summed E-state index contributed by atoms with van der Waals surface area (Å²) in [6, 6.07) is 12.5. The van der Waals surface area contributed by atoms with Gasteiger partial charge in [-0.3, -0.25) is 13.9 Å². The Kier molecular flexibility index (Phi) is 10.4. The number of sulfonamides is 1. The summed E-state index contributed by atoms with van der Waals surface area (Å²) in [6.07, 6.45) is 0.668. The van der Waals surface area contributed by atoms with Gasteiger partial charge in [-0.05, 0) is 74.4 Å². The minimum atomic E-state index is -4.40. The highest BCUT2D eigenvalue weighted by Crippen LogP contribution is 2.34. The third-order valence-corrected chi connectivity index (χ3v) is 9.38. The van der Waals surface area contributed by atoms with E-state index in [9.17, 15) is 22.4 Å². The van der Waals surface area contributed by atoms with Crippen LogP contribution in [0.15, 0.2) is 65.6 Å². The normalized spacial score (nSPS) is 14.0. The van der Waals surface area contributed by atoms with E-state index in [-0.39, 0.29) is 40.5 Å². The standard InChI is InChI=1S/C30H32Cl2FN3O6S/c1-4-19(2)34-30(38)20(3)35(17-21-5-6-22(31)15-26(21)32)29(37)18-36(24-9-7-23(33)8-10-24)43(39,40)25-11-12-27-28(16-25)42-14-13-41-27/h5-12,15-16,19-20H,4,13-14,17-18H2,1-3H3,(H,34,38). The highest BCUT2D eigenvalue weighted by atomic mass is 35.5. The summed E-state index contributed by atoms with van der Waals surface area (Å²) in [5.74, 6) is -1.06. The van der Waals surface area contributed by atoms with Crippen LogP contribution in [0.2, 0.25) is 10.0 Å². The van der Waals surface area contributed by atoms with Gasteiger partial charge in [0.25, 0.3) is 10.0 Å². The van der Waals surface area contributed by atoms with Crippen LogP contribution in [0.1, 0.15) is 32.8 Å². The van der Waals surface area contributed by atoms with Crippen LogP contribution in [0.4, 0.5) is 10.1 Å². The number of nitrogens with one attached hydrogen (secondary N) is 1. The number of benzene rings is 3. The molecule has 43 heavy (non-hydrogen) atoms. The van der Waals surface area contributed by atoms with E-state index in [1.165, 1.54) is 41.3 Å². The number of hydrogen-bond donors (Lipinski definition) is 1. The Balaban J connectivity index is 1.73. The minimum Gasteiger partial charge on any atom is -0.486 e. The fourth-order valence-corrected chi connectivity index (χ4v) is 6.23. The Hall–Kier alpha value is -3.54. The van der Waals surface area contributed by atoms with Crippen LogP contribution in [-0.2, 0) is 26.2 Å². The van der Waals surface area contributed by atoms with Crippen LogP contribution >= 0.6 is 23.2 Å². The largest absolute Gasteiger partial charge is 0.486 e. The summed E-state index contributed by atoms with van der Waals surface area (Å²) >= 11 is 12.5. The van der Waals surface area contributed by atoms with E-state index in [1.807, 2.05) is 13.8 Å². The molecule has 230 valence electrons. The SMILES string of the molecule is CCC(C)NC(=O)C(C)N(Cc1ccc(Cl)cc1Cl)C(=O)CN(c1ccc(F)cc1)S(=O)(=O)c1ccc2c(c1)OCCO2. The van der Waals surface area contributed by atoms with Gasteiger partial charge < -0.3 is 19.7 Å². The molecule has 2 unspecified atom stereocenters. The van der Waals surface area contributed by atoms with E-state index < -0.39 is 40.2 Å². The molecule has 13 heteroatoms. The molecule has 0 radical (unpaired) electrons. The number of fused-ring (bicyclic) bond motifs is 1. The first-order valence-corrected chi connectivity index (χ1v) is 15.8. The summed E-state index contributed by atoms with van der Waals surface area (Å²) in [5.41, 5.74) is 0.552. The van der Waals surface area contributed by atoms with Crippen LogP contribution in [0.25, 0.3) is 0 Å². The zero-order valence-corrected chi connectivity index (χ0v) is 26.2. The molecule has 0 bridgehead atoms. The molecule has 3 aromatic rings.